The van der Waals surface area contributed by atoms with Gasteiger partial charge in [0.15, 0.2) is 0 Å². The number of benzene rings is 1. The molecule has 6 heteroatoms. The van der Waals surface area contributed by atoms with Crippen LogP contribution in [0.25, 0.3) is 0 Å². The molecule has 1 aromatic carbocycles. The molecule has 1 unspecified atom stereocenters. The number of aliphatic hydroxyl groups excluding tert-OH is 1. The van der Waals surface area contributed by atoms with Crippen LogP contribution in [0.1, 0.15) is 45.1 Å². The summed E-state index contributed by atoms with van der Waals surface area (Å²) in [6.45, 7) is 4.04. The minimum Gasteiger partial charge on any atom is -0.383 e. The molecule has 1 aliphatic carbocycles. The van der Waals surface area contributed by atoms with Crippen LogP contribution in [0.15, 0.2) is 30.3 Å². The molecule has 1 aliphatic rings. The highest BCUT2D eigenvalue weighted by molar-refractivity contribution is 5.86. The Balaban J connectivity index is 0.00000338. The lowest BCUT2D eigenvalue weighted by molar-refractivity contribution is -0.133. The number of halogens is 1. The van der Waals surface area contributed by atoms with E-state index in [4.69, 9.17) is 5.73 Å². The molecule has 0 aromatic heterocycles. The summed E-state index contributed by atoms with van der Waals surface area (Å²) in [7, 11) is 0. The standard InChI is InChI=1S/C20H30N2O3.ClH/c1-13(2)10-17(21)18(23)12-15(11-14-6-4-3-5-7-14)19(24)20(25)22-16-8-9-16;/h3-7,13,15-17,19,24H,8-12,21H2,1-2H3,(H,22,25);1H/t15-,17+,19?;/m1./s1. The number of carbonyl (C=O) groups excluding carboxylic acids is 2. The molecule has 1 aromatic rings. The Morgan fingerprint density at radius 1 is 1.23 bits per heavy atom. The van der Waals surface area contributed by atoms with Gasteiger partial charge < -0.3 is 16.2 Å². The molecule has 1 saturated carbocycles. The van der Waals surface area contributed by atoms with E-state index in [0.717, 1.165) is 18.4 Å². The topological polar surface area (TPSA) is 92.4 Å². The van der Waals surface area contributed by atoms with E-state index in [1.807, 2.05) is 44.2 Å². The maximum Gasteiger partial charge on any atom is 0.249 e. The van der Waals surface area contributed by atoms with E-state index >= 15 is 0 Å². The van der Waals surface area contributed by atoms with Crippen molar-refractivity contribution in [1.29, 1.82) is 0 Å². The minimum absolute atomic E-state index is 0. The molecular weight excluding hydrogens is 352 g/mol. The Morgan fingerprint density at radius 3 is 2.38 bits per heavy atom. The molecule has 0 heterocycles. The molecule has 26 heavy (non-hydrogen) atoms. The van der Waals surface area contributed by atoms with Gasteiger partial charge in [-0.15, -0.1) is 12.4 Å². The lowest BCUT2D eigenvalue weighted by Gasteiger charge is -2.24. The first-order valence-electron chi connectivity index (χ1n) is 9.17. The Bertz CT molecular complexity index is 576. The number of nitrogens with one attached hydrogen (secondary N) is 1. The summed E-state index contributed by atoms with van der Waals surface area (Å²) < 4.78 is 0. The quantitative estimate of drug-likeness (QED) is 0.578. The van der Waals surface area contributed by atoms with Crippen molar-refractivity contribution >= 4 is 24.1 Å². The second-order valence-corrected chi connectivity index (χ2v) is 7.58. The van der Waals surface area contributed by atoms with Crippen molar-refractivity contribution in [3.05, 3.63) is 35.9 Å². The van der Waals surface area contributed by atoms with Gasteiger partial charge in [0, 0.05) is 18.4 Å². The summed E-state index contributed by atoms with van der Waals surface area (Å²) in [5.41, 5.74) is 6.99. The van der Waals surface area contributed by atoms with Crippen molar-refractivity contribution in [2.75, 3.05) is 0 Å². The van der Waals surface area contributed by atoms with E-state index in [9.17, 15) is 14.7 Å². The zero-order valence-corrected chi connectivity index (χ0v) is 16.4. The Hall–Kier alpha value is -1.43. The van der Waals surface area contributed by atoms with Crippen LogP contribution in [0.2, 0.25) is 0 Å². The molecule has 4 N–H and O–H groups in total. The van der Waals surface area contributed by atoms with Crippen LogP contribution in [0, 0.1) is 11.8 Å². The molecule has 5 nitrogen and oxygen atoms in total. The third kappa shape index (κ3) is 7.44. The van der Waals surface area contributed by atoms with Gasteiger partial charge in [-0.3, -0.25) is 9.59 Å². The fraction of sp³-hybridized carbons (Fsp3) is 0.600. The zero-order chi connectivity index (χ0) is 18.4. The second-order valence-electron chi connectivity index (χ2n) is 7.58. The SMILES string of the molecule is CC(C)C[C@H](N)C(=O)C[C@@H](Cc1ccccc1)C(O)C(=O)NC1CC1.Cl. The molecule has 0 bridgehead atoms. The van der Waals surface area contributed by atoms with Gasteiger partial charge in [0.05, 0.1) is 6.04 Å². The predicted molar refractivity (Wildman–Crippen MR) is 105 cm³/mol. The van der Waals surface area contributed by atoms with Crippen LogP contribution >= 0.6 is 12.4 Å². The molecule has 0 spiro atoms. The average Bonchev–Trinajstić information content (AvgIpc) is 3.37. The Morgan fingerprint density at radius 2 is 1.85 bits per heavy atom. The van der Waals surface area contributed by atoms with Crippen LogP contribution < -0.4 is 11.1 Å². The fourth-order valence-electron chi connectivity index (χ4n) is 2.99. The van der Waals surface area contributed by atoms with E-state index in [1.165, 1.54) is 0 Å². The van der Waals surface area contributed by atoms with Gasteiger partial charge in [-0.2, -0.15) is 0 Å². The van der Waals surface area contributed by atoms with Crippen molar-refractivity contribution < 1.29 is 14.7 Å². The molecular formula is C20H31ClN2O3. The average molecular weight is 383 g/mol. The highest BCUT2D eigenvalue weighted by Crippen LogP contribution is 2.22. The van der Waals surface area contributed by atoms with Gasteiger partial charge in [0.2, 0.25) is 5.91 Å². The van der Waals surface area contributed by atoms with E-state index in [0.29, 0.717) is 18.8 Å². The van der Waals surface area contributed by atoms with Crippen LogP contribution in [0.3, 0.4) is 0 Å². The first kappa shape index (κ1) is 22.6. The number of Topliss-reactive ketones (excluding diaryl/α,β-unsaturated/α-hetero) is 1. The van der Waals surface area contributed by atoms with Gasteiger partial charge in [-0.05, 0) is 37.2 Å². The minimum atomic E-state index is -1.20. The molecule has 0 aliphatic heterocycles. The second kappa shape index (κ2) is 10.7. The number of aliphatic hydroxyl groups is 1. The number of carbonyl (C=O) groups is 2. The molecule has 3 atom stereocenters. The van der Waals surface area contributed by atoms with Gasteiger partial charge >= 0.3 is 0 Å². The number of ketones is 1. The van der Waals surface area contributed by atoms with E-state index < -0.39 is 18.1 Å². The smallest absolute Gasteiger partial charge is 0.249 e. The van der Waals surface area contributed by atoms with Crippen molar-refractivity contribution in [3.8, 4) is 0 Å². The maximum atomic E-state index is 12.5. The number of rotatable bonds is 10. The summed E-state index contributed by atoms with van der Waals surface area (Å²) in [4.78, 5) is 24.7. The first-order chi connectivity index (χ1) is 11.9. The van der Waals surface area contributed by atoms with E-state index in [2.05, 4.69) is 5.32 Å². The largest absolute Gasteiger partial charge is 0.383 e. The summed E-state index contributed by atoms with van der Waals surface area (Å²) in [5, 5.41) is 13.3. The van der Waals surface area contributed by atoms with Crippen LogP contribution in [-0.4, -0.2) is 35.0 Å². The van der Waals surface area contributed by atoms with Crippen molar-refractivity contribution in [2.45, 2.75) is 64.1 Å². The predicted octanol–water partition coefficient (Wildman–Crippen LogP) is 2.24. The molecule has 1 amide bonds. The van der Waals surface area contributed by atoms with Crippen molar-refractivity contribution in [3.63, 3.8) is 0 Å². The van der Waals surface area contributed by atoms with E-state index in [1.54, 1.807) is 0 Å². The normalized spacial score (nSPS) is 17.1. The molecule has 0 radical (unpaired) electrons. The molecule has 1 fully saturated rings. The number of hydrogen-bond acceptors (Lipinski definition) is 4. The van der Waals surface area contributed by atoms with Gasteiger partial charge in [-0.1, -0.05) is 44.2 Å². The Labute approximate surface area is 162 Å². The van der Waals surface area contributed by atoms with Gasteiger partial charge in [0.25, 0.3) is 0 Å². The number of amides is 1. The van der Waals surface area contributed by atoms with Crippen LogP contribution in [0.5, 0.6) is 0 Å². The first-order valence-corrected chi connectivity index (χ1v) is 9.17. The molecule has 0 saturated heterocycles. The lowest BCUT2D eigenvalue weighted by atomic mass is 9.86. The summed E-state index contributed by atoms with van der Waals surface area (Å²) in [5.74, 6) is -0.608. The van der Waals surface area contributed by atoms with E-state index in [-0.39, 0.29) is 36.6 Å². The summed E-state index contributed by atoms with van der Waals surface area (Å²) in [6.07, 6.45) is 1.92. The third-order valence-electron chi connectivity index (χ3n) is 4.58. The monoisotopic (exact) mass is 382 g/mol. The van der Waals surface area contributed by atoms with Crippen LogP contribution in [-0.2, 0) is 16.0 Å². The number of hydrogen-bond donors (Lipinski definition) is 3. The maximum absolute atomic E-state index is 12.5. The molecule has 146 valence electrons. The fourth-order valence-corrected chi connectivity index (χ4v) is 2.99. The highest BCUT2D eigenvalue weighted by atomic mass is 35.5. The van der Waals surface area contributed by atoms with Gasteiger partial charge in [0.1, 0.15) is 11.9 Å². The van der Waals surface area contributed by atoms with Crippen molar-refractivity contribution in [1.82, 2.24) is 5.32 Å². The lowest BCUT2D eigenvalue weighted by Crippen LogP contribution is -2.43. The summed E-state index contributed by atoms with van der Waals surface area (Å²) in [6, 6.07) is 9.26. The third-order valence-corrected chi connectivity index (χ3v) is 4.58. The molecule has 2 rings (SSSR count). The highest BCUT2D eigenvalue weighted by Gasteiger charge is 2.33. The van der Waals surface area contributed by atoms with Gasteiger partial charge in [-0.25, -0.2) is 0 Å². The Kier molecular flexibility index (Phi) is 9.27. The zero-order valence-electron chi connectivity index (χ0n) is 15.6. The summed E-state index contributed by atoms with van der Waals surface area (Å²) >= 11 is 0. The van der Waals surface area contributed by atoms with Crippen molar-refractivity contribution in [2.24, 2.45) is 17.6 Å². The van der Waals surface area contributed by atoms with Crippen LogP contribution in [0.4, 0.5) is 0 Å². The number of nitrogens with two attached hydrogens (primary N) is 1.